The van der Waals surface area contributed by atoms with Crippen LogP contribution in [0.1, 0.15) is 65.4 Å². The SMILES string of the molecule is CC1(C)CCCC([C@H](C(=O)OC(C)(C)C)c2cccc(Cl)c2)N1. The molecule has 1 unspecified atom stereocenters. The maximum Gasteiger partial charge on any atom is 0.315 e. The van der Waals surface area contributed by atoms with Crippen molar-refractivity contribution in [3.8, 4) is 0 Å². The Labute approximate surface area is 144 Å². The van der Waals surface area contributed by atoms with Crippen LogP contribution in [0, 0.1) is 0 Å². The van der Waals surface area contributed by atoms with E-state index in [4.69, 9.17) is 16.3 Å². The van der Waals surface area contributed by atoms with Crippen molar-refractivity contribution in [2.45, 2.75) is 77.0 Å². The van der Waals surface area contributed by atoms with Crippen molar-refractivity contribution >= 4 is 17.6 Å². The van der Waals surface area contributed by atoms with E-state index in [0.717, 1.165) is 24.8 Å². The third-order valence-corrected chi connectivity index (χ3v) is 4.40. The van der Waals surface area contributed by atoms with Gasteiger partial charge in [-0.3, -0.25) is 4.79 Å². The highest BCUT2D eigenvalue weighted by atomic mass is 35.5. The molecule has 0 saturated carbocycles. The summed E-state index contributed by atoms with van der Waals surface area (Å²) in [4.78, 5) is 12.9. The van der Waals surface area contributed by atoms with E-state index in [-0.39, 0.29) is 23.5 Å². The van der Waals surface area contributed by atoms with Crippen LogP contribution in [-0.4, -0.2) is 23.2 Å². The van der Waals surface area contributed by atoms with E-state index >= 15 is 0 Å². The molecule has 0 radical (unpaired) electrons. The normalized spacial score (nSPS) is 22.4. The van der Waals surface area contributed by atoms with Crippen LogP contribution >= 0.6 is 11.6 Å². The molecule has 23 heavy (non-hydrogen) atoms. The zero-order valence-corrected chi connectivity index (χ0v) is 15.5. The molecule has 2 rings (SSSR count). The topological polar surface area (TPSA) is 38.3 Å². The highest BCUT2D eigenvalue weighted by Crippen LogP contribution is 2.33. The van der Waals surface area contributed by atoms with Crippen molar-refractivity contribution in [3.05, 3.63) is 34.9 Å². The first-order valence-electron chi connectivity index (χ1n) is 8.33. The standard InChI is InChI=1S/C19H28ClNO2/c1-18(2,3)23-17(22)16(13-8-6-9-14(20)12-13)15-10-7-11-19(4,5)21-15/h6,8-9,12,15-16,21H,7,10-11H2,1-5H3/t15?,16-/m1/s1. The predicted octanol–water partition coefficient (Wildman–Crippen LogP) is 4.69. The molecule has 0 aliphatic carbocycles. The molecule has 1 aliphatic heterocycles. The molecular formula is C19H28ClNO2. The fraction of sp³-hybridized carbons (Fsp3) is 0.632. The Morgan fingerprint density at radius 3 is 2.65 bits per heavy atom. The highest BCUT2D eigenvalue weighted by molar-refractivity contribution is 6.30. The first-order valence-corrected chi connectivity index (χ1v) is 8.71. The number of hydrogen-bond acceptors (Lipinski definition) is 3. The second-order valence-electron chi connectivity index (χ2n) is 8.09. The number of nitrogens with one attached hydrogen (secondary N) is 1. The van der Waals surface area contributed by atoms with Crippen molar-refractivity contribution in [2.24, 2.45) is 0 Å². The summed E-state index contributed by atoms with van der Waals surface area (Å²) >= 11 is 6.15. The first kappa shape index (κ1) is 18.3. The molecule has 0 spiro atoms. The molecule has 128 valence electrons. The summed E-state index contributed by atoms with van der Waals surface area (Å²) in [5.74, 6) is -0.525. The van der Waals surface area contributed by atoms with Gasteiger partial charge >= 0.3 is 5.97 Å². The molecule has 2 atom stereocenters. The molecule has 1 N–H and O–H groups in total. The number of rotatable bonds is 3. The van der Waals surface area contributed by atoms with Gasteiger partial charge in [0.25, 0.3) is 0 Å². The molecule has 0 aromatic heterocycles. The Bertz CT molecular complexity index is 563. The van der Waals surface area contributed by atoms with Crippen LogP contribution < -0.4 is 5.32 Å². The van der Waals surface area contributed by atoms with E-state index in [9.17, 15) is 4.79 Å². The van der Waals surface area contributed by atoms with E-state index in [0.29, 0.717) is 5.02 Å². The van der Waals surface area contributed by atoms with Crippen molar-refractivity contribution in [1.82, 2.24) is 5.32 Å². The van der Waals surface area contributed by atoms with Crippen molar-refractivity contribution < 1.29 is 9.53 Å². The summed E-state index contributed by atoms with van der Waals surface area (Å²) in [5.41, 5.74) is 0.446. The predicted molar refractivity (Wildman–Crippen MR) is 94.9 cm³/mol. The van der Waals surface area contributed by atoms with Crippen LogP contribution in [0.2, 0.25) is 5.02 Å². The lowest BCUT2D eigenvalue weighted by Gasteiger charge is -2.40. The van der Waals surface area contributed by atoms with E-state index in [2.05, 4.69) is 19.2 Å². The van der Waals surface area contributed by atoms with Crippen LogP contribution in [0.5, 0.6) is 0 Å². The van der Waals surface area contributed by atoms with Gasteiger partial charge < -0.3 is 10.1 Å². The summed E-state index contributed by atoms with van der Waals surface area (Å²) in [6.45, 7) is 10.1. The van der Waals surface area contributed by atoms with Gasteiger partial charge in [0.1, 0.15) is 5.60 Å². The van der Waals surface area contributed by atoms with Crippen LogP contribution in [0.15, 0.2) is 24.3 Å². The molecule has 1 aromatic rings. The van der Waals surface area contributed by atoms with E-state index in [1.807, 2.05) is 45.0 Å². The van der Waals surface area contributed by atoms with Crippen LogP contribution in [0.3, 0.4) is 0 Å². The second-order valence-corrected chi connectivity index (χ2v) is 8.53. The molecular weight excluding hydrogens is 310 g/mol. The number of ether oxygens (including phenoxy) is 1. The van der Waals surface area contributed by atoms with Crippen LogP contribution in [-0.2, 0) is 9.53 Å². The fourth-order valence-corrected chi connectivity index (χ4v) is 3.46. The number of hydrogen-bond donors (Lipinski definition) is 1. The third-order valence-electron chi connectivity index (χ3n) is 4.16. The smallest absolute Gasteiger partial charge is 0.315 e. The molecule has 0 bridgehead atoms. The van der Waals surface area contributed by atoms with Gasteiger partial charge in [-0.2, -0.15) is 0 Å². The summed E-state index contributed by atoms with van der Waals surface area (Å²) in [6.07, 6.45) is 3.17. The zero-order chi connectivity index (χ0) is 17.3. The summed E-state index contributed by atoms with van der Waals surface area (Å²) in [7, 11) is 0. The molecule has 1 heterocycles. The Morgan fingerprint density at radius 2 is 2.09 bits per heavy atom. The lowest BCUT2D eigenvalue weighted by Crippen LogP contribution is -2.53. The number of carbonyl (C=O) groups is 1. The second kappa shape index (κ2) is 6.82. The molecule has 1 aromatic carbocycles. The monoisotopic (exact) mass is 337 g/mol. The summed E-state index contributed by atoms with van der Waals surface area (Å²) in [5, 5.41) is 4.28. The quantitative estimate of drug-likeness (QED) is 0.813. The van der Waals surface area contributed by atoms with Crippen molar-refractivity contribution in [1.29, 1.82) is 0 Å². The molecule has 0 amide bonds. The minimum absolute atomic E-state index is 0.0295. The average Bonchev–Trinajstić information content (AvgIpc) is 2.35. The lowest BCUT2D eigenvalue weighted by molar-refractivity contribution is -0.158. The molecule has 1 fully saturated rings. The highest BCUT2D eigenvalue weighted by Gasteiger charge is 2.38. The third kappa shape index (κ3) is 5.22. The maximum atomic E-state index is 12.9. The van der Waals surface area contributed by atoms with Crippen molar-refractivity contribution in [3.63, 3.8) is 0 Å². The largest absolute Gasteiger partial charge is 0.459 e. The molecule has 1 saturated heterocycles. The summed E-state index contributed by atoms with van der Waals surface area (Å²) in [6, 6.07) is 7.62. The van der Waals surface area contributed by atoms with Gasteiger partial charge in [-0.25, -0.2) is 0 Å². The summed E-state index contributed by atoms with van der Waals surface area (Å²) < 4.78 is 5.69. The maximum absolute atomic E-state index is 12.9. The average molecular weight is 338 g/mol. The lowest BCUT2D eigenvalue weighted by atomic mass is 9.81. The number of piperidine rings is 1. The Hall–Kier alpha value is -1.06. The first-order chi connectivity index (χ1) is 10.6. The van der Waals surface area contributed by atoms with Gasteiger partial charge in [-0.15, -0.1) is 0 Å². The van der Waals surface area contributed by atoms with E-state index in [1.54, 1.807) is 0 Å². The van der Waals surface area contributed by atoms with Crippen LogP contribution in [0.4, 0.5) is 0 Å². The molecule has 4 heteroatoms. The van der Waals surface area contributed by atoms with E-state index in [1.165, 1.54) is 0 Å². The number of carbonyl (C=O) groups excluding carboxylic acids is 1. The molecule has 1 aliphatic rings. The fourth-order valence-electron chi connectivity index (χ4n) is 3.26. The van der Waals surface area contributed by atoms with Gasteiger partial charge in [0, 0.05) is 16.6 Å². The Kier molecular flexibility index (Phi) is 5.42. The van der Waals surface area contributed by atoms with Crippen molar-refractivity contribution in [2.75, 3.05) is 0 Å². The molecule has 3 nitrogen and oxygen atoms in total. The Balaban J connectivity index is 2.33. The number of halogens is 1. The van der Waals surface area contributed by atoms with E-state index < -0.39 is 5.60 Å². The van der Waals surface area contributed by atoms with Crippen LogP contribution in [0.25, 0.3) is 0 Å². The van der Waals surface area contributed by atoms with Gasteiger partial charge in [-0.1, -0.05) is 30.2 Å². The minimum atomic E-state index is -0.502. The minimum Gasteiger partial charge on any atom is -0.459 e. The van der Waals surface area contributed by atoms with Gasteiger partial charge in [-0.05, 0) is 65.2 Å². The number of esters is 1. The Morgan fingerprint density at radius 1 is 1.39 bits per heavy atom. The zero-order valence-electron chi connectivity index (χ0n) is 14.8. The number of benzene rings is 1. The van der Waals surface area contributed by atoms with Gasteiger partial charge in [0.05, 0.1) is 5.92 Å². The van der Waals surface area contributed by atoms with Gasteiger partial charge in [0.15, 0.2) is 0 Å². The van der Waals surface area contributed by atoms with Gasteiger partial charge in [0.2, 0.25) is 0 Å².